The van der Waals surface area contributed by atoms with E-state index in [2.05, 4.69) is 25.7 Å². The number of ether oxygens (including phenoxy) is 1. The van der Waals surface area contributed by atoms with Gasteiger partial charge in [-0.2, -0.15) is 0 Å². The van der Waals surface area contributed by atoms with Crippen molar-refractivity contribution in [1.29, 1.82) is 0 Å². The van der Waals surface area contributed by atoms with Gasteiger partial charge in [-0.15, -0.1) is 0 Å². The van der Waals surface area contributed by atoms with E-state index < -0.39 is 0 Å². The van der Waals surface area contributed by atoms with Crippen LogP contribution in [0.25, 0.3) is 0 Å². The summed E-state index contributed by atoms with van der Waals surface area (Å²) in [6.45, 7) is 7.97. The second kappa shape index (κ2) is 5.08. The van der Waals surface area contributed by atoms with E-state index in [0.717, 1.165) is 25.3 Å². The highest BCUT2D eigenvalue weighted by Gasteiger charge is 2.62. The number of nitrogens with zero attached hydrogens (tertiary/aromatic N) is 1. The van der Waals surface area contributed by atoms with E-state index in [1.54, 1.807) is 0 Å². The smallest absolute Gasteiger partial charge is 0.306 e. The van der Waals surface area contributed by atoms with Gasteiger partial charge in [-0.05, 0) is 57.7 Å². The molecular formula is C16H29NO2. The van der Waals surface area contributed by atoms with E-state index in [0.29, 0.717) is 11.8 Å². The van der Waals surface area contributed by atoms with Crippen LogP contribution in [0.3, 0.4) is 0 Å². The number of hydrogen-bond acceptors (Lipinski definition) is 3. The summed E-state index contributed by atoms with van der Waals surface area (Å²) in [7, 11) is 4.07. The van der Waals surface area contributed by atoms with Gasteiger partial charge in [0.1, 0.15) is 6.10 Å². The Hall–Kier alpha value is -0.570. The molecule has 3 heteroatoms. The number of rotatable bonds is 5. The van der Waals surface area contributed by atoms with E-state index in [1.165, 1.54) is 12.8 Å². The molecule has 0 saturated heterocycles. The standard InChI is InChI=1S/C16H29NO2/c1-15(2)12-8-9-16(15,3)13(11-12)19-14(18)7-6-10-17(4)5/h12-13H,6-11H2,1-5H3/t12-,13+,16+/m0/s1. The second-order valence-electron chi connectivity index (χ2n) is 7.50. The Morgan fingerprint density at radius 2 is 2.00 bits per heavy atom. The van der Waals surface area contributed by atoms with Crippen molar-refractivity contribution in [2.24, 2.45) is 16.7 Å². The lowest BCUT2D eigenvalue weighted by molar-refractivity contribution is -0.157. The molecule has 2 fully saturated rings. The topological polar surface area (TPSA) is 29.5 Å². The minimum Gasteiger partial charge on any atom is -0.462 e. The third-order valence-corrected chi connectivity index (χ3v) is 5.97. The van der Waals surface area contributed by atoms with Crippen molar-refractivity contribution in [3.63, 3.8) is 0 Å². The van der Waals surface area contributed by atoms with Crippen LogP contribution in [-0.4, -0.2) is 37.6 Å². The zero-order valence-corrected chi connectivity index (χ0v) is 13.2. The van der Waals surface area contributed by atoms with Gasteiger partial charge in [0.15, 0.2) is 0 Å². The molecular weight excluding hydrogens is 238 g/mol. The summed E-state index contributed by atoms with van der Waals surface area (Å²) < 4.78 is 5.81. The summed E-state index contributed by atoms with van der Waals surface area (Å²) in [5.41, 5.74) is 0.510. The molecule has 0 aliphatic heterocycles. The van der Waals surface area contributed by atoms with Gasteiger partial charge in [0.2, 0.25) is 0 Å². The third kappa shape index (κ3) is 2.54. The maximum absolute atomic E-state index is 12.0. The fourth-order valence-corrected chi connectivity index (χ4v) is 4.07. The molecule has 0 aromatic heterocycles. The summed E-state index contributed by atoms with van der Waals surface area (Å²) in [5, 5.41) is 0. The van der Waals surface area contributed by atoms with Gasteiger partial charge < -0.3 is 9.64 Å². The van der Waals surface area contributed by atoms with Crippen LogP contribution < -0.4 is 0 Å². The molecule has 0 aromatic rings. The molecule has 2 aliphatic carbocycles. The highest BCUT2D eigenvalue weighted by molar-refractivity contribution is 5.69. The van der Waals surface area contributed by atoms with Crippen LogP contribution in [0.4, 0.5) is 0 Å². The average Bonchev–Trinajstić information content (AvgIpc) is 2.61. The molecule has 2 saturated carbocycles. The molecule has 0 aromatic carbocycles. The molecule has 0 unspecified atom stereocenters. The molecule has 19 heavy (non-hydrogen) atoms. The highest BCUT2D eigenvalue weighted by atomic mass is 16.5. The molecule has 2 rings (SSSR count). The lowest BCUT2D eigenvalue weighted by Gasteiger charge is -2.38. The van der Waals surface area contributed by atoms with Crippen molar-refractivity contribution in [2.45, 2.75) is 59.0 Å². The van der Waals surface area contributed by atoms with E-state index >= 15 is 0 Å². The molecule has 0 heterocycles. The third-order valence-electron chi connectivity index (χ3n) is 5.97. The van der Waals surface area contributed by atoms with E-state index in [-0.39, 0.29) is 17.5 Å². The minimum absolute atomic E-state index is 0.00331. The van der Waals surface area contributed by atoms with Crippen molar-refractivity contribution in [1.82, 2.24) is 4.90 Å². The molecule has 110 valence electrons. The van der Waals surface area contributed by atoms with Crippen molar-refractivity contribution in [2.75, 3.05) is 20.6 Å². The average molecular weight is 267 g/mol. The number of carbonyl (C=O) groups excluding carboxylic acids is 1. The Morgan fingerprint density at radius 1 is 1.32 bits per heavy atom. The molecule has 3 nitrogen and oxygen atoms in total. The maximum atomic E-state index is 12.0. The Bertz CT molecular complexity index is 351. The number of fused-ring (bicyclic) bond motifs is 2. The van der Waals surface area contributed by atoms with Crippen LogP contribution >= 0.6 is 0 Å². The Kier molecular flexibility index (Phi) is 3.97. The van der Waals surface area contributed by atoms with E-state index in [4.69, 9.17) is 4.74 Å². The first-order chi connectivity index (χ1) is 8.77. The molecule has 0 N–H and O–H groups in total. The maximum Gasteiger partial charge on any atom is 0.306 e. The summed E-state index contributed by atoms with van der Waals surface area (Å²) in [4.78, 5) is 14.1. The zero-order chi connectivity index (χ0) is 14.3. The van der Waals surface area contributed by atoms with E-state index in [1.807, 2.05) is 14.1 Å². The van der Waals surface area contributed by atoms with Gasteiger partial charge in [0.05, 0.1) is 0 Å². The monoisotopic (exact) mass is 267 g/mol. The first-order valence-electron chi connectivity index (χ1n) is 7.61. The number of carbonyl (C=O) groups is 1. The second-order valence-corrected chi connectivity index (χ2v) is 7.50. The normalized spacial score (nSPS) is 35.9. The van der Waals surface area contributed by atoms with Crippen LogP contribution in [-0.2, 0) is 9.53 Å². The van der Waals surface area contributed by atoms with Crippen molar-refractivity contribution in [3.8, 4) is 0 Å². The van der Waals surface area contributed by atoms with Crippen LogP contribution in [0.5, 0.6) is 0 Å². The number of hydrogen-bond donors (Lipinski definition) is 0. The lowest BCUT2D eigenvalue weighted by atomic mass is 9.70. The summed E-state index contributed by atoms with van der Waals surface area (Å²) in [6.07, 6.45) is 5.17. The first kappa shape index (κ1) is 14.8. The molecule has 2 bridgehead atoms. The molecule has 0 radical (unpaired) electrons. The zero-order valence-electron chi connectivity index (χ0n) is 13.2. The van der Waals surface area contributed by atoms with Crippen LogP contribution in [0.2, 0.25) is 0 Å². The highest BCUT2D eigenvalue weighted by Crippen LogP contribution is 2.66. The predicted octanol–water partition coefficient (Wildman–Crippen LogP) is 3.09. The lowest BCUT2D eigenvalue weighted by Crippen LogP contribution is -2.38. The van der Waals surface area contributed by atoms with E-state index in [9.17, 15) is 4.79 Å². The molecule has 3 atom stereocenters. The minimum atomic E-state index is -0.00331. The van der Waals surface area contributed by atoms with Gasteiger partial charge >= 0.3 is 5.97 Å². The fraction of sp³-hybridized carbons (Fsp3) is 0.938. The summed E-state index contributed by atoms with van der Waals surface area (Å²) in [5.74, 6) is 0.730. The van der Waals surface area contributed by atoms with Crippen molar-refractivity contribution >= 4 is 5.97 Å². The van der Waals surface area contributed by atoms with Crippen LogP contribution in [0.1, 0.15) is 52.9 Å². The Labute approximate surface area is 117 Å². The Morgan fingerprint density at radius 3 is 2.47 bits per heavy atom. The summed E-state index contributed by atoms with van der Waals surface area (Å²) in [6, 6.07) is 0. The first-order valence-corrected chi connectivity index (χ1v) is 7.61. The molecule has 0 amide bonds. The SMILES string of the molecule is CN(C)CCCC(=O)O[C@@H]1C[C@@H]2CC[C@@]1(C)C2(C)C. The van der Waals surface area contributed by atoms with Gasteiger partial charge in [0, 0.05) is 11.8 Å². The molecule has 0 spiro atoms. The largest absolute Gasteiger partial charge is 0.462 e. The van der Waals surface area contributed by atoms with Gasteiger partial charge in [-0.1, -0.05) is 20.8 Å². The van der Waals surface area contributed by atoms with Gasteiger partial charge in [0.25, 0.3) is 0 Å². The number of esters is 1. The molecule has 2 aliphatic rings. The quantitative estimate of drug-likeness (QED) is 0.717. The van der Waals surface area contributed by atoms with Gasteiger partial charge in [-0.3, -0.25) is 4.79 Å². The van der Waals surface area contributed by atoms with Crippen molar-refractivity contribution in [3.05, 3.63) is 0 Å². The van der Waals surface area contributed by atoms with Crippen molar-refractivity contribution < 1.29 is 9.53 Å². The fourth-order valence-electron chi connectivity index (χ4n) is 4.07. The van der Waals surface area contributed by atoms with Gasteiger partial charge in [-0.25, -0.2) is 0 Å². The summed E-state index contributed by atoms with van der Waals surface area (Å²) >= 11 is 0. The van der Waals surface area contributed by atoms with Crippen LogP contribution in [0, 0.1) is 16.7 Å². The van der Waals surface area contributed by atoms with Crippen LogP contribution in [0.15, 0.2) is 0 Å². The Balaban J connectivity index is 1.86. The predicted molar refractivity (Wildman–Crippen MR) is 76.9 cm³/mol.